The molecule has 2 aromatic rings. The number of aromatic nitrogens is 2. The number of esters is 1. The molecule has 0 amide bonds. The first-order valence-corrected chi connectivity index (χ1v) is 6.80. The first-order valence-electron chi connectivity index (χ1n) is 6.80. The molecule has 112 valence electrons. The van der Waals surface area contributed by atoms with Gasteiger partial charge in [-0.2, -0.15) is 4.98 Å². The van der Waals surface area contributed by atoms with E-state index in [4.69, 9.17) is 9.26 Å². The van der Waals surface area contributed by atoms with Gasteiger partial charge in [0.1, 0.15) is 6.04 Å². The van der Waals surface area contributed by atoms with E-state index in [0.717, 1.165) is 5.56 Å². The van der Waals surface area contributed by atoms with E-state index < -0.39 is 6.04 Å². The van der Waals surface area contributed by atoms with E-state index in [1.54, 1.807) is 0 Å². The van der Waals surface area contributed by atoms with Crippen molar-refractivity contribution in [3.63, 3.8) is 0 Å². The number of hydrogen-bond donors (Lipinski definition) is 1. The Bertz CT molecular complexity index is 581. The minimum atomic E-state index is -0.564. The van der Waals surface area contributed by atoms with Crippen molar-refractivity contribution in [3.05, 3.63) is 47.6 Å². The Hall–Kier alpha value is -2.21. The van der Waals surface area contributed by atoms with Gasteiger partial charge in [-0.15, -0.1) is 0 Å². The number of nitrogens with one attached hydrogen (secondary N) is 1. The maximum Gasteiger partial charge on any atom is 0.327 e. The van der Waals surface area contributed by atoms with E-state index in [1.165, 1.54) is 7.11 Å². The summed E-state index contributed by atoms with van der Waals surface area (Å²) in [4.78, 5) is 16.2. The van der Waals surface area contributed by atoms with Crippen molar-refractivity contribution in [2.75, 3.05) is 7.11 Å². The summed E-state index contributed by atoms with van der Waals surface area (Å²) < 4.78 is 9.98. The molecule has 6 nitrogen and oxygen atoms in total. The molecule has 0 aliphatic heterocycles. The van der Waals surface area contributed by atoms with Crippen molar-refractivity contribution in [3.8, 4) is 0 Å². The van der Waals surface area contributed by atoms with Crippen LogP contribution in [0.3, 0.4) is 0 Å². The molecule has 6 heteroatoms. The Labute approximate surface area is 123 Å². The smallest absolute Gasteiger partial charge is 0.327 e. The molecule has 1 atom stereocenters. The number of methoxy groups -OCH3 is 1. The number of ether oxygens (including phenoxy) is 1. The zero-order valence-corrected chi connectivity index (χ0v) is 12.4. The number of rotatable bonds is 6. The molecule has 21 heavy (non-hydrogen) atoms. The van der Waals surface area contributed by atoms with E-state index in [-0.39, 0.29) is 11.9 Å². The predicted molar refractivity (Wildman–Crippen MR) is 76.4 cm³/mol. The fourth-order valence-electron chi connectivity index (χ4n) is 1.86. The van der Waals surface area contributed by atoms with Crippen LogP contribution in [-0.4, -0.2) is 23.2 Å². The lowest BCUT2D eigenvalue weighted by Gasteiger charge is -2.15. The van der Waals surface area contributed by atoms with Crippen molar-refractivity contribution in [1.82, 2.24) is 15.5 Å². The molecule has 1 unspecified atom stereocenters. The average Bonchev–Trinajstić information content (AvgIpc) is 2.97. The molecular weight excluding hydrogens is 270 g/mol. The zero-order chi connectivity index (χ0) is 15.2. The summed E-state index contributed by atoms with van der Waals surface area (Å²) in [6.07, 6.45) is 0. The normalized spacial score (nSPS) is 12.4. The van der Waals surface area contributed by atoms with Gasteiger partial charge < -0.3 is 9.26 Å². The highest BCUT2D eigenvalue weighted by molar-refractivity contribution is 5.77. The van der Waals surface area contributed by atoms with E-state index in [2.05, 4.69) is 15.5 Å². The van der Waals surface area contributed by atoms with Gasteiger partial charge in [0.05, 0.1) is 13.7 Å². The highest BCUT2D eigenvalue weighted by Crippen LogP contribution is 2.15. The molecule has 0 spiro atoms. The molecule has 0 bridgehead atoms. The summed E-state index contributed by atoms with van der Waals surface area (Å²) >= 11 is 0. The lowest BCUT2D eigenvalue weighted by Crippen LogP contribution is -2.29. The largest absolute Gasteiger partial charge is 0.468 e. The van der Waals surface area contributed by atoms with Gasteiger partial charge in [-0.25, -0.2) is 4.79 Å². The van der Waals surface area contributed by atoms with E-state index in [1.807, 2.05) is 44.2 Å². The topological polar surface area (TPSA) is 77.2 Å². The highest BCUT2D eigenvalue weighted by atomic mass is 16.5. The van der Waals surface area contributed by atoms with Crippen molar-refractivity contribution in [1.29, 1.82) is 0 Å². The molecule has 2 rings (SSSR count). The van der Waals surface area contributed by atoms with Crippen molar-refractivity contribution < 1.29 is 14.1 Å². The van der Waals surface area contributed by atoms with Gasteiger partial charge in [0, 0.05) is 5.92 Å². The lowest BCUT2D eigenvalue weighted by atomic mass is 10.1. The minimum absolute atomic E-state index is 0.202. The quantitative estimate of drug-likeness (QED) is 0.821. The molecule has 0 aliphatic rings. The highest BCUT2D eigenvalue weighted by Gasteiger charge is 2.21. The summed E-state index contributed by atoms with van der Waals surface area (Å²) in [5.41, 5.74) is 0.827. The number of carbonyl (C=O) groups is 1. The van der Waals surface area contributed by atoms with Crippen LogP contribution in [0.25, 0.3) is 0 Å². The van der Waals surface area contributed by atoms with Crippen LogP contribution in [0.5, 0.6) is 0 Å². The van der Waals surface area contributed by atoms with E-state index in [9.17, 15) is 4.79 Å². The Balaban J connectivity index is 2.07. The second kappa shape index (κ2) is 6.99. The van der Waals surface area contributed by atoms with Crippen LogP contribution in [0.1, 0.15) is 43.1 Å². The first-order chi connectivity index (χ1) is 10.1. The summed E-state index contributed by atoms with van der Waals surface area (Å²) in [6.45, 7) is 4.28. The van der Waals surface area contributed by atoms with Gasteiger partial charge in [-0.05, 0) is 5.56 Å². The predicted octanol–water partition coefficient (Wildman–Crippen LogP) is 2.20. The number of nitrogens with zero attached hydrogens (tertiary/aromatic N) is 2. The molecule has 1 N–H and O–H groups in total. The molecule has 0 saturated carbocycles. The van der Waals surface area contributed by atoms with Crippen molar-refractivity contribution >= 4 is 5.97 Å². The van der Waals surface area contributed by atoms with Crippen molar-refractivity contribution in [2.45, 2.75) is 32.4 Å². The van der Waals surface area contributed by atoms with Crippen LogP contribution >= 0.6 is 0 Å². The first kappa shape index (κ1) is 15.2. The molecule has 0 fully saturated rings. The average molecular weight is 289 g/mol. The van der Waals surface area contributed by atoms with Crippen LogP contribution in [0.2, 0.25) is 0 Å². The summed E-state index contributed by atoms with van der Waals surface area (Å²) in [5.74, 6) is 0.947. The number of hydrogen-bond acceptors (Lipinski definition) is 6. The Kier molecular flexibility index (Phi) is 5.05. The zero-order valence-electron chi connectivity index (χ0n) is 12.4. The van der Waals surface area contributed by atoms with E-state index >= 15 is 0 Å². The SMILES string of the molecule is COC(=O)C(NCc1nc(C(C)C)no1)c1ccccc1. The fraction of sp³-hybridized carbons (Fsp3) is 0.400. The molecule has 1 heterocycles. The summed E-state index contributed by atoms with van der Waals surface area (Å²) in [5, 5.41) is 6.97. The third-order valence-electron chi connectivity index (χ3n) is 3.03. The molecule has 0 saturated heterocycles. The number of carbonyl (C=O) groups excluding carboxylic acids is 1. The maximum absolute atomic E-state index is 11.9. The second-order valence-electron chi connectivity index (χ2n) is 4.95. The Morgan fingerprint density at radius 2 is 2.05 bits per heavy atom. The van der Waals surface area contributed by atoms with Crippen LogP contribution < -0.4 is 5.32 Å². The van der Waals surface area contributed by atoms with Crippen LogP contribution in [-0.2, 0) is 16.1 Å². The van der Waals surface area contributed by atoms with Gasteiger partial charge in [0.25, 0.3) is 0 Å². The molecule has 1 aromatic carbocycles. The molecule has 0 radical (unpaired) electrons. The lowest BCUT2D eigenvalue weighted by molar-refractivity contribution is -0.143. The third kappa shape index (κ3) is 3.88. The standard InChI is InChI=1S/C15H19N3O3/c1-10(2)14-17-12(21-18-14)9-16-13(15(19)20-3)11-7-5-4-6-8-11/h4-8,10,13,16H,9H2,1-3H3. The molecule has 0 aliphatic carbocycles. The van der Waals surface area contributed by atoms with Crippen molar-refractivity contribution in [2.24, 2.45) is 0 Å². The molecular formula is C15H19N3O3. The van der Waals surface area contributed by atoms with Gasteiger partial charge in [0.15, 0.2) is 5.82 Å². The third-order valence-corrected chi connectivity index (χ3v) is 3.03. The molecule has 1 aromatic heterocycles. The van der Waals surface area contributed by atoms with Gasteiger partial charge in [0.2, 0.25) is 5.89 Å². The monoisotopic (exact) mass is 289 g/mol. The van der Waals surface area contributed by atoms with Crippen LogP contribution in [0.15, 0.2) is 34.9 Å². The minimum Gasteiger partial charge on any atom is -0.468 e. The summed E-state index contributed by atoms with van der Waals surface area (Å²) in [6, 6.07) is 8.80. The van der Waals surface area contributed by atoms with Gasteiger partial charge in [-0.3, -0.25) is 5.32 Å². The van der Waals surface area contributed by atoms with Crippen LogP contribution in [0, 0.1) is 0 Å². The Morgan fingerprint density at radius 3 is 2.62 bits per heavy atom. The maximum atomic E-state index is 11.9. The fourth-order valence-corrected chi connectivity index (χ4v) is 1.86. The Morgan fingerprint density at radius 1 is 1.33 bits per heavy atom. The van der Waals surface area contributed by atoms with Crippen LogP contribution in [0.4, 0.5) is 0 Å². The summed E-state index contributed by atoms with van der Waals surface area (Å²) in [7, 11) is 1.36. The van der Waals surface area contributed by atoms with Gasteiger partial charge in [-0.1, -0.05) is 49.3 Å². The van der Waals surface area contributed by atoms with Gasteiger partial charge >= 0.3 is 5.97 Å². The van der Waals surface area contributed by atoms with E-state index in [0.29, 0.717) is 18.3 Å². The number of benzene rings is 1. The second-order valence-corrected chi connectivity index (χ2v) is 4.95.